The average Bonchev–Trinajstić information content (AvgIpc) is 3.24. The number of carbonyl (C=O) groups is 2. The third kappa shape index (κ3) is 4.46. The van der Waals surface area contributed by atoms with Crippen molar-refractivity contribution in [2.24, 2.45) is 7.05 Å². The zero-order valence-corrected chi connectivity index (χ0v) is 19.2. The van der Waals surface area contributed by atoms with Gasteiger partial charge in [0.2, 0.25) is 0 Å². The van der Waals surface area contributed by atoms with Gasteiger partial charge >= 0.3 is 0 Å². The van der Waals surface area contributed by atoms with Crippen molar-refractivity contribution in [3.63, 3.8) is 0 Å². The van der Waals surface area contributed by atoms with Crippen molar-refractivity contribution in [3.8, 4) is 17.0 Å². The molecule has 2 atom stereocenters. The second-order valence-electron chi connectivity index (χ2n) is 8.42. The number of aryl methyl sites for hydroxylation is 1. The molecule has 1 aromatic heterocycles. The quantitative estimate of drug-likeness (QED) is 0.609. The van der Waals surface area contributed by atoms with E-state index < -0.39 is 5.82 Å². The van der Waals surface area contributed by atoms with Crippen LogP contribution in [0.5, 0.6) is 5.75 Å². The molecule has 0 spiro atoms. The molecule has 8 heteroatoms. The Morgan fingerprint density at radius 1 is 1.00 bits per heavy atom. The predicted octanol–water partition coefficient (Wildman–Crippen LogP) is 3.61. The van der Waals surface area contributed by atoms with E-state index in [1.165, 1.54) is 19.2 Å². The van der Waals surface area contributed by atoms with Crippen molar-refractivity contribution in [3.05, 3.63) is 71.7 Å². The molecule has 1 saturated heterocycles. The van der Waals surface area contributed by atoms with Crippen molar-refractivity contribution in [1.82, 2.24) is 19.6 Å². The van der Waals surface area contributed by atoms with E-state index >= 15 is 0 Å². The summed E-state index contributed by atoms with van der Waals surface area (Å²) in [6, 6.07) is 13.1. The van der Waals surface area contributed by atoms with Crippen LogP contribution in [-0.4, -0.2) is 63.7 Å². The van der Waals surface area contributed by atoms with Crippen LogP contribution in [0.4, 0.5) is 4.39 Å². The van der Waals surface area contributed by atoms with Crippen molar-refractivity contribution < 1.29 is 18.7 Å². The van der Waals surface area contributed by atoms with Crippen LogP contribution in [0.3, 0.4) is 0 Å². The molecular weight excluding hydrogens is 423 g/mol. The van der Waals surface area contributed by atoms with E-state index in [9.17, 15) is 14.0 Å². The summed E-state index contributed by atoms with van der Waals surface area (Å²) in [4.78, 5) is 29.6. The van der Waals surface area contributed by atoms with Gasteiger partial charge in [0.15, 0.2) is 0 Å². The minimum atomic E-state index is -0.619. The Labute approximate surface area is 192 Å². The van der Waals surface area contributed by atoms with Gasteiger partial charge in [0.1, 0.15) is 11.6 Å². The maximum absolute atomic E-state index is 14.4. The number of carbonyl (C=O) groups excluding carboxylic acids is 2. The smallest absolute Gasteiger partial charge is 0.256 e. The first-order valence-electron chi connectivity index (χ1n) is 10.8. The first-order valence-corrected chi connectivity index (χ1v) is 10.8. The van der Waals surface area contributed by atoms with Crippen molar-refractivity contribution in [2.45, 2.75) is 25.9 Å². The number of nitrogens with zero attached hydrogens (tertiary/aromatic N) is 4. The van der Waals surface area contributed by atoms with E-state index in [-0.39, 0.29) is 29.5 Å². The lowest BCUT2D eigenvalue weighted by molar-refractivity contribution is 0.0252. The number of halogens is 1. The van der Waals surface area contributed by atoms with Gasteiger partial charge < -0.3 is 14.5 Å². The number of amides is 2. The number of hydrogen-bond donors (Lipinski definition) is 0. The van der Waals surface area contributed by atoms with Crippen molar-refractivity contribution in [1.29, 1.82) is 0 Å². The van der Waals surface area contributed by atoms with E-state index in [1.54, 1.807) is 32.7 Å². The van der Waals surface area contributed by atoms with Crippen LogP contribution < -0.4 is 4.74 Å². The molecular formula is C25H27FN4O3. The SMILES string of the molecule is COc1ccc(C(=O)N2C[C@@H](C)N(C(=O)c3ccc(-c4ccn(C)n4)cc3)[C@H](C)C2)c(F)c1. The molecule has 7 nitrogen and oxygen atoms in total. The molecule has 2 aromatic carbocycles. The van der Waals surface area contributed by atoms with Crippen LogP contribution in [0.15, 0.2) is 54.7 Å². The summed E-state index contributed by atoms with van der Waals surface area (Å²) < 4.78 is 21.2. The first-order chi connectivity index (χ1) is 15.8. The number of benzene rings is 2. The van der Waals surface area contributed by atoms with Gasteiger partial charge in [0.05, 0.1) is 18.4 Å². The highest BCUT2D eigenvalue weighted by atomic mass is 19.1. The highest BCUT2D eigenvalue weighted by Crippen LogP contribution is 2.24. The Bertz CT molecular complexity index is 1160. The summed E-state index contributed by atoms with van der Waals surface area (Å²) in [7, 11) is 3.31. The number of hydrogen-bond acceptors (Lipinski definition) is 4. The highest BCUT2D eigenvalue weighted by Gasteiger charge is 2.36. The largest absolute Gasteiger partial charge is 0.497 e. The minimum Gasteiger partial charge on any atom is -0.497 e. The molecule has 3 aromatic rings. The number of rotatable bonds is 4. The summed E-state index contributed by atoms with van der Waals surface area (Å²) >= 11 is 0. The Morgan fingerprint density at radius 3 is 2.21 bits per heavy atom. The summed E-state index contributed by atoms with van der Waals surface area (Å²) in [5, 5.41) is 4.39. The molecule has 0 N–H and O–H groups in total. The van der Waals surface area contributed by atoms with Gasteiger partial charge in [-0.3, -0.25) is 14.3 Å². The Balaban J connectivity index is 1.47. The monoisotopic (exact) mass is 450 g/mol. The summed E-state index contributed by atoms with van der Waals surface area (Å²) in [5.41, 5.74) is 2.36. The second-order valence-corrected chi connectivity index (χ2v) is 8.42. The van der Waals surface area contributed by atoms with Crippen LogP contribution in [0.25, 0.3) is 11.3 Å². The fourth-order valence-electron chi connectivity index (χ4n) is 4.36. The fourth-order valence-corrected chi connectivity index (χ4v) is 4.36. The van der Waals surface area contributed by atoms with Crippen LogP contribution in [-0.2, 0) is 7.05 Å². The molecule has 1 aliphatic rings. The van der Waals surface area contributed by atoms with Crippen LogP contribution in [0, 0.1) is 5.82 Å². The molecule has 0 radical (unpaired) electrons. The standard InChI is InChI=1S/C25H27FN4O3/c1-16-14-29(25(32)21-10-9-20(33-4)13-22(21)26)15-17(2)30(16)24(31)19-7-5-18(6-8-19)23-11-12-28(3)27-23/h5-13,16-17H,14-15H2,1-4H3/t16-,17-/m1/s1. The maximum Gasteiger partial charge on any atom is 0.256 e. The number of aromatic nitrogens is 2. The zero-order valence-electron chi connectivity index (χ0n) is 19.2. The molecule has 4 rings (SSSR count). The Kier molecular flexibility index (Phi) is 6.18. The molecule has 0 bridgehead atoms. The van der Waals surface area contributed by atoms with Gasteiger partial charge in [0, 0.05) is 55.6 Å². The van der Waals surface area contributed by atoms with Gasteiger partial charge in [-0.2, -0.15) is 5.10 Å². The second kappa shape index (κ2) is 9.05. The van der Waals surface area contributed by atoms with Crippen LogP contribution in [0.1, 0.15) is 34.6 Å². The fraction of sp³-hybridized carbons (Fsp3) is 0.320. The molecule has 172 valence electrons. The Morgan fingerprint density at radius 2 is 1.67 bits per heavy atom. The third-order valence-electron chi connectivity index (χ3n) is 5.99. The molecule has 0 saturated carbocycles. The van der Waals surface area contributed by atoms with Crippen molar-refractivity contribution >= 4 is 11.8 Å². The normalized spacial score (nSPS) is 18.3. The van der Waals surface area contributed by atoms with Crippen LogP contribution >= 0.6 is 0 Å². The van der Waals surface area contributed by atoms with Gasteiger partial charge in [-0.05, 0) is 44.2 Å². The molecule has 2 heterocycles. The minimum absolute atomic E-state index is 0.0000803. The van der Waals surface area contributed by atoms with Gasteiger partial charge in [-0.15, -0.1) is 0 Å². The molecule has 33 heavy (non-hydrogen) atoms. The van der Waals surface area contributed by atoms with E-state index in [2.05, 4.69) is 5.10 Å². The third-order valence-corrected chi connectivity index (χ3v) is 5.99. The van der Waals surface area contributed by atoms with Gasteiger partial charge in [-0.25, -0.2) is 4.39 Å². The van der Waals surface area contributed by atoms with E-state index in [1.807, 2.05) is 45.3 Å². The molecule has 1 aliphatic heterocycles. The molecule has 2 amide bonds. The van der Waals surface area contributed by atoms with E-state index in [0.717, 1.165) is 11.3 Å². The lowest BCUT2D eigenvalue weighted by Gasteiger charge is -2.44. The Hall–Kier alpha value is -3.68. The lowest BCUT2D eigenvalue weighted by atomic mass is 10.0. The number of piperazine rings is 1. The van der Waals surface area contributed by atoms with Crippen LogP contribution in [0.2, 0.25) is 0 Å². The van der Waals surface area contributed by atoms with E-state index in [0.29, 0.717) is 24.4 Å². The lowest BCUT2D eigenvalue weighted by Crippen LogP contribution is -2.59. The van der Waals surface area contributed by atoms with Crippen molar-refractivity contribution in [2.75, 3.05) is 20.2 Å². The first kappa shape index (κ1) is 22.5. The number of methoxy groups -OCH3 is 1. The number of ether oxygens (including phenoxy) is 1. The summed E-state index contributed by atoms with van der Waals surface area (Å²) in [5.74, 6) is -0.743. The summed E-state index contributed by atoms with van der Waals surface area (Å²) in [6.45, 7) is 4.46. The zero-order chi connectivity index (χ0) is 23.7. The molecule has 0 unspecified atom stereocenters. The topological polar surface area (TPSA) is 67.7 Å². The molecule has 1 fully saturated rings. The molecule has 0 aliphatic carbocycles. The predicted molar refractivity (Wildman–Crippen MR) is 123 cm³/mol. The maximum atomic E-state index is 14.4. The van der Waals surface area contributed by atoms with Gasteiger partial charge in [0.25, 0.3) is 11.8 Å². The van der Waals surface area contributed by atoms with E-state index in [4.69, 9.17) is 4.74 Å². The summed E-state index contributed by atoms with van der Waals surface area (Å²) in [6.07, 6.45) is 1.87. The average molecular weight is 451 g/mol. The van der Waals surface area contributed by atoms with Gasteiger partial charge in [-0.1, -0.05) is 12.1 Å². The highest BCUT2D eigenvalue weighted by molar-refractivity contribution is 5.97.